The van der Waals surface area contributed by atoms with E-state index in [1.165, 1.54) is 6.92 Å². The topological polar surface area (TPSA) is 148 Å². The monoisotopic (exact) mass is 363 g/mol. The maximum absolute atomic E-state index is 12.0. The van der Waals surface area contributed by atoms with Gasteiger partial charge in [0.05, 0.1) is 12.7 Å². The highest BCUT2D eigenvalue weighted by molar-refractivity contribution is 9.10. The molecule has 2 aliphatic heterocycles. The van der Waals surface area contributed by atoms with Crippen molar-refractivity contribution in [1.29, 1.82) is 0 Å². The third-order valence-electron chi connectivity index (χ3n) is 3.50. The number of rotatable bonds is 3. The minimum absolute atomic E-state index is 0.0351. The van der Waals surface area contributed by atoms with Gasteiger partial charge < -0.3 is 14.9 Å². The summed E-state index contributed by atoms with van der Waals surface area (Å²) in [7, 11) is 0. The molecule has 0 saturated carbocycles. The Morgan fingerprint density at radius 1 is 1.67 bits per heavy atom. The lowest BCUT2D eigenvalue weighted by atomic mass is 10.0. The number of alkyl halides is 1. The zero-order chi connectivity index (χ0) is 15.8. The molecule has 2 heterocycles. The van der Waals surface area contributed by atoms with Gasteiger partial charge in [-0.1, -0.05) is 21.0 Å². The summed E-state index contributed by atoms with van der Waals surface area (Å²) in [5.74, 6) is -0.640. The van der Waals surface area contributed by atoms with Crippen molar-refractivity contribution in [2.24, 2.45) is 5.11 Å². The molecule has 5 atom stereocenters. The Balaban J connectivity index is 2.33. The smallest absolute Gasteiger partial charge is 0.326 e. The van der Waals surface area contributed by atoms with E-state index >= 15 is 0 Å². The van der Waals surface area contributed by atoms with Gasteiger partial charge in [-0.25, -0.2) is 4.79 Å². The predicted molar refractivity (Wildman–Crippen MR) is 72.0 cm³/mol. The summed E-state index contributed by atoms with van der Waals surface area (Å²) >= 11 is 3.15. The molecule has 0 aliphatic carbocycles. The molecule has 0 aromatic carbocycles. The average molecular weight is 364 g/mol. The Bertz CT molecular complexity index is 508. The van der Waals surface area contributed by atoms with Gasteiger partial charge >= 0.3 is 6.03 Å². The predicted octanol–water partition coefficient (Wildman–Crippen LogP) is -0.204. The van der Waals surface area contributed by atoms with Gasteiger partial charge in [-0.2, -0.15) is 0 Å². The molecule has 116 valence electrons. The van der Waals surface area contributed by atoms with Crippen molar-refractivity contribution in [3.8, 4) is 0 Å². The number of hydrogen-bond donors (Lipinski definition) is 3. The molecule has 10 nitrogen and oxygen atoms in total. The lowest BCUT2D eigenvalue weighted by Crippen LogP contribution is -2.67. The molecular formula is C10H14BrN5O5. The third-order valence-corrected chi connectivity index (χ3v) is 4.27. The molecule has 0 spiro atoms. The number of carbonyl (C=O) groups is 2. The van der Waals surface area contributed by atoms with Gasteiger partial charge in [0.25, 0.3) is 0 Å². The first-order valence-electron chi connectivity index (χ1n) is 6.14. The summed E-state index contributed by atoms with van der Waals surface area (Å²) in [6, 6.07) is -0.787. The molecule has 0 aromatic heterocycles. The first kappa shape index (κ1) is 16.0. The van der Waals surface area contributed by atoms with Gasteiger partial charge in [0, 0.05) is 11.3 Å². The lowest BCUT2D eigenvalue weighted by molar-refractivity contribution is -0.129. The molecule has 2 fully saturated rings. The fraction of sp³-hybridized carbons (Fsp3) is 0.800. The summed E-state index contributed by atoms with van der Waals surface area (Å²) in [4.78, 5) is 27.6. The van der Waals surface area contributed by atoms with E-state index < -0.39 is 47.5 Å². The molecule has 2 saturated heterocycles. The molecule has 11 heteroatoms. The number of urea groups is 1. The molecule has 0 radical (unpaired) electrons. The van der Waals surface area contributed by atoms with E-state index in [1.807, 2.05) is 0 Å². The van der Waals surface area contributed by atoms with Crippen molar-refractivity contribution in [1.82, 2.24) is 10.2 Å². The van der Waals surface area contributed by atoms with E-state index in [0.717, 1.165) is 4.90 Å². The molecule has 0 bridgehead atoms. The van der Waals surface area contributed by atoms with Gasteiger partial charge in [-0.3, -0.25) is 15.0 Å². The largest absolute Gasteiger partial charge is 0.394 e. The van der Waals surface area contributed by atoms with E-state index in [2.05, 4.69) is 31.3 Å². The maximum Gasteiger partial charge on any atom is 0.326 e. The van der Waals surface area contributed by atoms with Gasteiger partial charge in [0.15, 0.2) is 0 Å². The van der Waals surface area contributed by atoms with Crippen molar-refractivity contribution >= 4 is 27.9 Å². The van der Waals surface area contributed by atoms with E-state index in [9.17, 15) is 14.7 Å². The van der Waals surface area contributed by atoms with Crippen LogP contribution in [-0.2, 0) is 9.53 Å². The molecule has 3 amide bonds. The van der Waals surface area contributed by atoms with E-state index in [-0.39, 0.29) is 6.42 Å². The van der Waals surface area contributed by atoms with Crippen LogP contribution in [0.5, 0.6) is 0 Å². The fourth-order valence-corrected chi connectivity index (χ4v) is 2.74. The van der Waals surface area contributed by atoms with Crippen LogP contribution in [0.2, 0.25) is 0 Å². The van der Waals surface area contributed by atoms with Crippen LogP contribution in [0.1, 0.15) is 13.3 Å². The quantitative estimate of drug-likeness (QED) is 0.274. The van der Waals surface area contributed by atoms with Crippen LogP contribution < -0.4 is 5.32 Å². The number of nitrogens with one attached hydrogen (secondary N) is 1. The van der Waals surface area contributed by atoms with Gasteiger partial charge in [0.1, 0.15) is 22.8 Å². The van der Waals surface area contributed by atoms with Crippen molar-refractivity contribution in [2.45, 2.75) is 42.3 Å². The van der Waals surface area contributed by atoms with Crippen LogP contribution in [0.25, 0.3) is 10.4 Å². The van der Waals surface area contributed by atoms with Crippen molar-refractivity contribution in [3.05, 3.63) is 10.4 Å². The van der Waals surface area contributed by atoms with Crippen LogP contribution in [0, 0.1) is 0 Å². The minimum atomic E-state index is -1.33. The normalized spacial score (nSPS) is 39.9. The lowest BCUT2D eigenvalue weighted by Gasteiger charge is -2.43. The summed E-state index contributed by atoms with van der Waals surface area (Å²) < 4.78 is 4.05. The second kappa shape index (κ2) is 5.78. The number of imide groups is 1. The van der Waals surface area contributed by atoms with Gasteiger partial charge in [0.2, 0.25) is 5.91 Å². The maximum atomic E-state index is 12.0. The molecule has 21 heavy (non-hydrogen) atoms. The molecule has 3 N–H and O–H groups in total. The number of amides is 3. The summed E-state index contributed by atoms with van der Waals surface area (Å²) in [6.07, 6.45) is -3.85. The number of hydrogen-bond acceptors (Lipinski definition) is 6. The van der Waals surface area contributed by atoms with Gasteiger partial charge in [-0.05, 0) is 12.5 Å². The Hall–Kier alpha value is -1.39. The number of carbonyl (C=O) groups excluding carboxylic acids is 2. The number of halogens is 1. The number of aliphatic hydroxyl groups excluding tert-OH is 2. The summed E-state index contributed by atoms with van der Waals surface area (Å²) in [5, 5.41) is 24.5. The highest BCUT2D eigenvalue weighted by Gasteiger charge is 2.53. The molecular weight excluding hydrogens is 350 g/mol. The second-order valence-electron chi connectivity index (χ2n) is 4.94. The first-order chi connectivity index (χ1) is 9.82. The summed E-state index contributed by atoms with van der Waals surface area (Å²) in [6.45, 7) is 1.04. The standard InChI is InChI=1S/C10H14BrN5O5/c1-10(11)7(14-15-12)16(9(20)13-8(10)19)6-2-4(18)5(3-17)21-6/h4-7,17-18H,2-3H2,1H3,(H,13,19,20)/t4-,5+,6+,7?,10?/m1/s1. The third kappa shape index (κ3) is 2.70. The Kier molecular flexibility index (Phi) is 4.40. The Morgan fingerprint density at radius 2 is 2.33 bits per heavy atom. The molecule has 2 unspecified atom stereocenters. The number of ether oxygens (including phenoxy) is 1. The van der Waals surface area contributed by atoms with Crippen molar-refractivity contribution in [2.75, 3.05) is 6.61 Å². The van der Waals surface area contributed by atoms with Gasteiger partial charge in [-0.15, -0.1) is 0 Å². The minimum Gasteiger partial charge on any atom is -0.394 e. The van der Waals surface area contributed by atoms with E-state index in [0.29, 0.717) is 0 Å². The number of aliphatic hydroxyl groups is 2. The van der Waals surface area contributed by atoms with Crippen LogP contribution in [0.4, 0.5) is 4.79 Å². The Labute approximate surface area is 127 Å². The SMILES string of the molecule is CC1(Br)C(=O)NC(=O)N([C@@H]2C[C@@H](O)[C@H](CO)O2)C1N=[N+]=[N-]. The van der Waals surface area contributed by atoms with Crippen LogP contribution in [0.15, 0.2) is 5.11 Å². The summed E-state index contributed by atoms with van der Waals surface area (Å²) in [5.41, 5.74) is 8.67. The highest BCUT2D eigenvalue weighted by atomic mass is 79.9. The zero-order valence-corrected chi connectivity index (χ0v) is 12.6. The number of nitrogens with zero attached hydrogens (tertiary/aromatic N) is 4. The molecule has 0 aromatic rings. The molecule has 2 rings (SSSR count). The van der Waals surface area contributed by atoms with Crippen molar-refractivity contribution < 1.29 is 24.5 Å². The number of azide groups is 1. The Morgan fingerprint density at radius 3 is 2.86 bits per heavy atom. The fourth-order valence-electron chi connectivity index (χ4n) is 2.32. The van der Waals surface area contributed by atoms with Crippen molar-refractivity contribution in [3.63, 3.8) is 0 Å². The van der Waals surface area contributed by atoms with E-state index in [1.54, 1.807) is 0 Å². The highest BCUT2D eigenvalue weighted by Crippen LogP contribution is 2.35. The van der Waals surface area contributed by atoms with Crippen LogP contribution in [0.3, 0.4) is 0 Å². The average Bonchev–Trinajstić information content (AvgIpc) is 2.77. The zero-order valence-electron chi connectivity index (χ0n) is 11.0. The molecule has 2 aliphatic rings. The first-order valence-corrected chi connectivity index (χ1v) is 6.93. The second-order valence-corrected chi connectivity index (χ2v) is 6.58. The van der Waals surface area contributed by atoms with Crippen LogP contribution >= 0.6 is 15.9 Å². The van der Waals surface area contributed by atoms with E-state index in [4.69, 9.17) is 15.4 Å². The van der Waals surface area contributed by atoms with Crippen LogP contribution in [-0.4, -0.2) is 62.6 Å².